The van der Waals surface area contributed by atoms with Gasteiger partial charge in [-0.2, -0.15) is 0 Å². The van der Waals surface area contributed by atoms with Crippen LogP contribution in [0.5, 0.6) is 0 Å². The molecule has 0 amide bonds. The van der Waals surface area contributed by atoms with E-state index >= 15 is 0 Å². The van der Waals surface area contributed by atoms with Crippen molar-refractivity contribution < 1.29 is 8.42 Å². The number of hydrogen-bond donors (Lipinski definition) is 0. The highest BCUT2D eigenvalue weighted by Crippen LogP contribution is 2.49. The summed E-state index contributed by atoms with van der Waals surface area (Å²) in [6, 6.07) is 22.4. The Hall–Kier alpha value is -4.11. The third-order valence-corrected chi connectivity index (χ3v) is 8.10. The van der Waals surface area contributed by atoms with Gasteiger partial charge in [-0.25, -0.2) is 36.2 Å². The zero-order chi connectivity index (χ0) is 23.6. The number of anilines is 1. The van der Waals surface area contributed by atoms with Gasteiger partial charge in [-0.15, -0.1) is 0 Å². The van der Waals surface area contributed by atoms with Gasteiger partial charge >= 0.3 is 11.4 Å². The topological polar surface area (TPSA) is 86.3 Å². The second kappa shape index (κ2) is 7.19. The molecule has 170 valence electrons. The largest absolute Gasteiger partial charge is 0.354 e. The van der Waals surface area contributed by atoms with Gasteiger partial charge < -0.3 is 0 Å². The van der Waals surface area contributed by atoms with Gasteiger partial charge in [-0.05, 0) is 37.3 Å². The van der Waals surface area contributed by atoms with Gasteiger partial charge in [0.25, 0.3) is 10.0 Å². The Bertz CT molecular complexity index is 1690. The highest BCUT2D eigenvalue weighted by Gasteiger charge is 2.46. The van der Waals surface area contributed by atoms with E-state index in [-0.39, 0.29) is 11.4 Å². The van der Waals surface area contributed by atoms with E-state index in [1.807, 2.05) is 25.1 Å². The molecule has 0 spiro atoms. The molecular formula is C25H20N4O4S. The molecule has 0 bridgehead atoms. The summed E-state index contributed by atoms with van der Waals surface area (Å²) >= 11 is 0. The smallest absolute Gasteiger partial charge is 0.245 e. The van der Waals surface area contributed by atoms with E-state index in [1.54, 1.807) is 66.7 Å². The molecule has 1 atom stereocenters. The second-order valence-corrected chi connectivity index (χ2v) is 10.1. The lowest BCUT2D eigenvalue weighted by Gasteiger charge is -2.30. The van der Waals surface area contributed by atoms with Crippen molar-refractivity contribution in [2.45, 2.75) is 24.5 Å². The second-order valence-electron chi connectivity index (χ2n) is 8.33. The minimum atomic E-state index is -4.06. The molecule has 0 fully saturated rings. The summed E-state index contributed by atoms with van der Waals surface area (Å²) in [6.45, 7) is 2.04. The van der Waals surface area contributed by atoms with Crippen LogP contribution in [0.1, 0.15) is 17.3 Å². The van der Waals surface area contributed by atoms with Gasteiger partial charge in [-0.3, -0.25) is 0 Å². The maximum absolute atomic E-state index is 13.9. The van der Waals surface area contributed by atoms with E-state index in [4.69, 9.17) is 0 Å². The highest BCUT2D eigenvalue weighted by molar-refractivity contribution is 7.92. The van der Waals surface area contributed by atoms with Crippen LogP contribution in [0.25, 0.3) is 11.3 Å². The summed E-state index contributed by atoms with van der Waals surface area (Å²) in [5, 5.41) is 0. The van der Waals surface area contributed by atoms with E-state index in [0.717, 1.165) is 15.7 Å². The molecule has 0 unspecified atom stereocenters. The van der Waals surface area contributed by atoms with Crippen molar-refractivity contribution in [3.8, 4) is 5.69 Å². The van der Waals surface area contributed by atoms with E-state index < -0.39 is 27.6 Å². The first-order chi connectivity index (χ1) is 16.4. The minimum Gasteiger partial charge on any atom is -0.245 e. The molecule has 6 rings (SSSR count). The van der Waals surface area contributed by atoms with E-state index in [9.17, 15) is 18.0 Å². The predicted octanol–water partition coefficient (Wildman–Crippen LogP) is 2.91. The van der Waals surface area contributed by atoms with Crippen molar-refractivity contribution in [1.29, 1.82) is 0 Å². The van der Waals surface area contributed by atoms with E-state index in [1.165, 1.54) is 13.7 Å². The van der Waals surface area contributed by atoms with Gasteiger partial charge in [0.05, 0.1) is 22.8 Å². The van der Waals surface area contributed by atoms with Crippen molar-refractivity contribution in [2.24, 2.45) is 0 Å². The Balaban J connectivity index is 1.62. The molecule has 0 aliphatic carbocycles. The monoisotopic (exact) mass is 472 g/mol. The first-order valence-electron chi connectivity index (χ1n) is 10.8. The van der Waals surface area contributed by atoms with Crippen LogP contribution >= 0.6 is 0 Å². The SMILES string of the molecule is Cc1ccc(S(=O)(=O)N2c3ccccc3C3=CCn4c(=O)n(-c5ccccc5)c(=O)n4[C@H]32)cc1. The Morgan fingerprint density at radius 3 is 2.24 bits per heavy atom. The molecule has 8 nitrogen and oxygen atoms in total. The van der Waals surface area contributed by atoms with Gasteiger partial charge in [0, 0.05) is 11.1 Å². The fourth-order valence-corrected chi connectivity index (χ4v) is 6.31. The van der Waals surface area contributed by atoms with Crippen LogP contribution in [-0.4, -0.2) is 22.3 Å². The van der Waals surface area contributed by atoms with Crippen molar-refractivity contribution in [3.05, 3.63) is 117 Å². The Labute approximate surface area is 195 Å². The summed E-state index contributed by atoms with van der Waals surface area (Å²) in [5.41, 5.74) is 2.12. The lowest BCUT2D eigenvalue weighted by molar-refractivity contribution is 0.424. The minimum absolute atomic E-state index is 0.115. The molecule has 0 N–H and O–H groups in total. The van der Waals surface area contributed by atoms with Crippen molar-refractivity contribution in [3.63, 3.8) is 0 Å². The van der Waals surface area contributed by atoms with E-state index in [0.29, 0.717) is 16.9 Å². The standard InChI is InChI=1S/C25H20N4O4S/c1-17-11-13-19(14-12-17)34(32,33)29-22-10-6-5-9-20(22)21-15-16-26-24(30)27(18-7-3-2-4-8-18)25(31)28(26)23(21)29/h2-15,23H,16H2,1H3/t23-/m0/s1. The maximum Gasteiger partial charge on any atom is 0.354 e. The number of aromatic nitrogens is 3. The highest BCUT2D eigenvalue weighted by atomic mass is 32.2. The van der Waals surface area contributed by atoms with Gasteiger partial charge in [-0.1, -0.05) is 60.2 Å². The van der Waals surface area contributed by atoms with Gasteiger partial charge in [0.1, 0.15) is 0 Å². The summed E-state index contributed by atoms with van der Waals surface area (Å²) in [6.07, 6.45) is 0.812. The molecular weight excluding hydrogens is 452 g/mol. The van der Waals surface area contributed by atoms with Crippen LogP contribution in [0, 0.1) is 6.92 Å². The Morgan fingerprint density at radius 2 is 1.50 bits per heavy atom. The average molecular weight is 473 g/mol. The third kappa shape index (κ3) is 2.73. The fraction of sp³-hybridized carbons (Fsp3) is 0.120. The van der Waals surface area contributed by atoms with Crippen LogP contribution < -0.4 is 15.7 Å². The number of hydrogen-bond acceptors (Lipinski definition) is 4. The van der Waals surface area contributed by atoms with Crippen LogP contribution in [0.4, 0.5) is 5.69 Å². The summed E-state index contributed by atoms with van der Waals surface area (Å²) < 4.78 is 32.8. The fourth-order valence-electron chi connectivity index (χ4n) is 4.72. The number of nitrogens with zero attached hydrogens (tertiary/aromatic N) is 4. The molecule has 0 saturated carbocycles. The van der Waals surface area contributed by atoms with E-state index in [2.05, 4.69) is 0 Å². The van der Waals surface area contributed by atoms with Crippen LogP contribution in [0.15, 0.2) is 99.4 Å². The average Bonchev–Trinajstić information content (AvgIpc) is 3.32. The first kappa shape index (κ1) is 20.5. The van der Waals surface area contributed by atoms with Crippen LogP contribution in [-0.2, 0) is 16.6 Å². The number of para-hydroxylation sites is 2. The van der Waals surface area contributed by atoms with Gasteiger partial charge in [0.2, 0.25) is 0 Å². The van der Waals surface area contributed by atoms with Crippen molar-refractivity contribution in [1.82, 2.24) is 13.9 Å². The number of aryl methyl sites for hydroxylation is 1. The zero-order valence-corrected chi connectivity index (χ0v) is 19.0. The summed E-state index contributed by atoms with van der Waals surface area (Å²) in [4.78, 5) is 27.0. The number of fused-ring (bicyclic) bond motifs is 5. The molecule has 3 heterocycles. The van der Waals surface area contributed by atoms with Crippen molar-refractivity contribution >= 4 is 21.3 Å². The number of benzene rings is 3. The van der Waals surface area contributed by atoms with Crippen LogP contribution in [0.3, 0.4) is 0 Å². The molecule has 0 saturated heterocycles. The molecule has 1 aromatic heterocycles. The first-order valence-corrected chi connectivity index (χ1v) is 12.2. The Morgan fingerprint density at radius 1 is 0.824 bits per heavy atom. The molecule has 34 heavy (non-hydrogen) atoms. The molecule has 3 aromatic carbocycles. The Kier molecular flexibility index (Phi) is 4.34. The molecule has 0 radical (unpaired) electrons. The molecule has 9 heteroatoms. The van der Waals surface area contributed by atoms with Crippen molar-refractivity contribution in [2.75, 3.05) is 4.31 Å². The lowest BCUT2D eigenvalue weighted by Crippen LogP contribution is -2.43. The molecule has 2 aliphatic heterocycles. The summed E-state index contributed by atoms with van der Waals surface area (Å²) in [5.74, 6) is 0. The number of sulfonamides is 1. The van der Waals surface area contributed by atoms with Crippen LogP contribution in [0.2, 0.25) is 0 Å². The quantitative estimate of drug-likeness (QED) is 0.459. The molecule has 4 aromatic rings. The maximum atomic E-state index is 13.9. The third-order valence-electron chi connectivity index (χ3n) is 6.32. The van der Waals surface area contributed by atoms with Gasteiger partial charge in [0.15, 0.2) is 6.17 Å². The summed E-state index contributed by atoms with van der Waals surface area (Å²) in [7, 11) is -4.06. The lowest BCUT2D eigenvalue weighted by atomic mass is 10.1. The normalized spacial score (nSPS) is 16.6. The number of rotatable bonds is 3. The predicted molar refractivity (Wildman–Crippen MR) is 129 cm³/mol. The zero-order valence-electron chi connectivity index (χ0n) is 18.2. The number of allylic oxidation sites excluding steroid dienone is 1. The molecule has 2 aliphatic rings.